The monoisotopic (exact) mass is 599 g/mol. The number of carbonyl (C=O) groups excluding carboxylic acids is 1. The molecule has 0 radical (unpaired) electrons. The SMILES string of the molecule is COc1cc2c(OC)c(c1)NC(=O)C[C@@H](OC)/C=C/C=C/C=C/C[C@H](O)[C@H](C)[C@@H](O[Si](C)(C)C(C)(C)C)/C(C)=C\CC2. The first-order valence-corrected chi connectivity index (χ1v) is 17.7. The van der Waals surface area contributed by atoms with Crippen molar-refractivity contribution in [3.63, 3.8) is 0 Å². The summed E-state index contributed by atoms with van der Waals surface area (Å²) >= 11 is 0. The zero-order chi connectivity index (χ0) is 31.5. The van der Waals surface area contributed by atoms with E-state index in [-0.39, 0.29) is 29.4 Å². The van der Waals surface area contributed by atoms with Crippen molar-refractivity contribution in [3.05, 3.63) is 65.8 Å². The van der Waals surface area contributed by atoms with Crippen LogP contribution in [0.4, 0.5) is 5.69 Å². The third-order valence-electron chi connectivity index (χ3n) is 8.36. The normalized spacial score (nSPS) is 27.0. The summed E-state index contributed by atoms with van der Waals surface area (Å²) in [6.07, 6.45) is 14.5. The lowest BCUT2D eigenvalue weighted by Gasteiger charge is -2.42. The van der Waals surface area contributed by atoms with Crippen LogP contribution in [0.15, 0.2) is 60.2 Å². The number of ether oxygens (including phenoxy) is 3. The van der Waals surface area contributed by atoms with Crippen LogP contribution in [0.3, 0.4) is 0 Å². The first-order chi connectivity index (χ1) is 19.7. The highest BCUT2D eigenvalue weighted by molar-refractivity contribution is 6.74. The van der Waals surface area contributed by atoms with E-state index in [9.17, 15) is 9.90 Å². The Kier molecular flexibility index (Phi) is 13.8. The van der Waals surface area contributed by atoms with Crippen molar-refractivity contribution < 1.29 is 28.5 Å². The zero-order valence-electron chi connectivity index (χ0n) is 27.3. The average molecular weight is 600 g/mol. The molecule has 2 N–H and O–H groups in total. The van der Waals surface area contributed by atoms with Gasteiger partial charge in [-0.25, -0.2) is 0 Å². The maximum Gasteiger partial charge on any atom is 0.227 e. The van der Waals surface area contributed by atoms with Gasteiger partial charge in [0.25, 0.3) is 0 Å². The second-order valence-corrected chi connectivity index (χ2v) is 17.3. The summed E-state index contributed by atoms with van der Waals surface area (Å²) in [7, 11) is 2.67. The molecule has 4 atom stereocenters. The molecule has 0 aliphatic carbocycles. The molecule has 0 unspecified atom stereocenters. The van der Waals surface area contributed by atoms with E-state index in [0.29, 0.717) is 30.0 Å². The molecule has 2 bridgehead atoms. The maximum atomic E-state index is 13.0. The number of aliphatic hydroxyl groups is 1. The predicted molar refractivity (Wildman–Crippen MR) is 175 cm³/mol. The molecule has 42 heavy (non-hydrogen) atoms. The average Bonchev–Trinajstić information content (AvgIpc) is 2.92. The van der Waals surface area contributed by atoms with Crippen molar-refractivity contribution in [2.45, 2.75) is 96.7 Å². The lowest BCUT2D eigenvalue weighted by Crippen LogP contribution is -2.47. The summed E-state index contributed by atoms with van der Waals surface area (Å²) < 4.78 is 23.8. The van der Waals surface area contributed by atoms with Crippen LogP contribution in [0.25, 0.3) is 0 Å². The largest absolute Gasteiger partial charge is 0.497 e. The smallest absolute Gasteiger partial charge is 0.227 e. The van der Waals surface area contributed by atoms with Gasteiger partial charge in [-0.05, 0) is 56.0 Å². The fourth-order valence-corrected chi connectivity index (χ4v) is 6.01. The summed E-state index contributed by atoms with van der Waals surface area (Å²) in [5.41, 5.74) is 2.59. The molecule has 0 aromatic heterocycles. The number of fused-ring (bicyclic) bond motifs is 2. The molecule has 0 spiro atoms. The number of nitrogens with one attached hydrogen (secondary N) is 1. The number of allylic oxidation sites excluding steroid dienone is 5. The number of rotatable bonds is 5. The Labute approximate surface area is 254 Å². The number of aryl methyl sites for hydroxylation is 1. The van der Waals surface area contributed by atoms with E-state index >= 15 is 0 Å². The molecule has 1 heterocycles. The fraction of sp³-hybridized carbons (Fsp3) is 0.559. The van der Waals surface area contributed by atoms with E-state index in [2.05, 4.69) is 59.1 Å². The van der Waals surface area contributed by atoms with Gasteiger partial charge in [0, 0.05) is 24.7 Å². The van der Waals surface area contributed by atoms with Crippen LogP contribution in [-0.2, 0) is 20.4 Å². The highest BCUT2D eigenvalue weighted by Gasteiger charge is 2.41. The van der Waals surface area contributed by atoms with Gasteiger partial charge >= 0.3 is 0 Å². The molecule has 1 aliphatic heterocycles. The minimum absolute atomic E-state index is 0.0364. The van der Waals surface area contributed by atoms with Crippen molar-refractivity contribution in [2.24, 2.45) is 5.92 Å². The molecule has 1 aromatic rings. The second-order valence-electron chi connectivity index (χ2n) is 12.5. The molecule has 1 amide bonds. The maximum absolute atomic E-state index is 13.0. The molecule has 1 aliphatic rings. The second kappa shape index (κ2) is 16.3. The Balaban J connectivity index is 2.54. The van der Waals surface area contributed by atoms with Crippen LogP contribution < -0.4 is 14.8 Å². The van der Waals surface area contributed by atoms with Gasteiger partial charge < -0.3 is 29.1 Å². The third kappa shape index (κ3) is 10.3. The lowest BCUT2D eigenvalue weighted by atomic mass is 9.90. The first kappa shape index (κ1) is 35.5. The minimum Gasteiger partial charge on any atom is -0.497 e. The molecular weight excluding hydrogens is 546 g/mol. The number of methoxy groups -OCH3 is 3. The standard InChI is InChI=1S/C34H53NO6Si/c1-24-17-16-18-26-21-28(39-7)22-29(33(26)40-8)35-31(37)23-27(38-6)19-14-12-11-13-15-20-30(36)25(2)32(24)41-42(9,10)34(3,4)5/h11-15,17,19,21-22,25,27,30,32,36H,16,18,20,23H2,1-10H3,(H,35,37)/b12-11+,15-13+,19-14+,24-17-/t25-,27-,30-,32-/m0/s1. The van der Waals surface area contributed by atoms with Gasteiger partial charge in [0.2, 0.25) is 5.91 Å². The fourth-order valence-electron chi connectivity index (χ4n) is 4.62. The lowest BCUT2D eigenvalue weighted by molar-refractivity contribution is -0.117. The van der Waals surface area contributed by atoms with E-state index in [4.69, 9.17) is 18.6 Å². The summed E-state index contributed by atoms with van der Waals surface area (Å²) in [5.74, 6) is 0.950. The van der Waals surface area contributed by atoms with E-state index in [1.165, 1.54) is 0 Å². The van der Waals surface area contributed by atoms with Gasteiger partial charge in [-0.1, -0.05) is 70.2 Å². The van der Waals surface area contributed by atoms with Crippen molar-refractivity contribution in [2.75, 3.05) is 26.6 Å². The number of anilines is 1. The van der Waals surface area contributed by atoms with Crippen molar-refractivity contribution in [1.82, 2.24) is 0 Å². The van der Waals surface area contributed by atoms with E-state index < -0.39 is 20.5 Å². The van der Waals surface area contributed by atoms with Crippen LogP contribution in [0.5, 0.6) is 11.5 Å². The number of carbonyl (C=O) groups is 1. The predicted octanol–water partition coefficient (Wildman–Crippen LogP) is 7.39. The zero-order valence-corrected chi connectivity index (χ0v) is 28.3. The van der Waals surface area contributed by atoms with Gasteiger partial charge in [0.05, 0.1) is 44.6 Å². The van der Waals surface area contributed by atoms with Crippen LogP contribution >= 0.6 is 0 Å². The van der Waals surface area contributed by atoms with Gasteiger partial charge in [0.1, 0.15) is 11.5 Å². The molecule has 0 fully saturated rings. The Morgan fingerprint density at radius 3 is 2.33 bits per heavy atom. The summed E-state index contributed by atoms with van der Waals surface area (Å²) in [5, 5.41) is 14.2. The Morgan fingerprint density at radius 2 is 1.71 bits per heavy atom. The summed E-state index contributed by atoms with van der Waals surface area (Å²) in [4.78, 5) is 13.0. The number of benzene rings is 1. The molecular formula is C34H53NO6Si. The number of hydrogen-bond donors (Lipinski definition) is 2. The highest BCUT2D eigenvalue weighted by atomic mass is 28.4. The number of hydrogen-bond acceptors (Lipinski definition) is 6. The number of aliphatic hydroxyl groups excluding tert-OH is 1. The Bertz CT molecular complexity index is 1150. The molecule has 2 rings (SSSR count). The topological polar surface area (TPSA) is 86.3 Å². The Hall–Kier alpha value is -2.65. The van der Waals surface area contributed by atoms with Crippen LogP contribution in [0, 0.1) is 5.92 Å². The third-order valence-corrected chi connectivity index (χ3v) is 12.8. The van der Waals surface area contributed by atoms with Crippen molar-refractivity contribution in [3.8, 4) is 11.5 Å². The van der Waals surface area contributed by atoms with Crippen molar-refractivity contribution in [1.29, 1.82) is 0 Å². The summed E-state index contributed by atoms with van der Waals surface area (Å²) in [6.45, 7) is 15.4. The van der Waals surface area contributed by atoms with Gasteiger partial charge in [-0.15, -0.1) is 0 Å². The minimum atomic E-state index is -2.12. The van der Waals surface area contributed by atoms with Gasteiger partial charge in [-0.2, -0.15) is 0 Å². The van der Waals surface area contributed by atoms with Crippen LogP contribution in [-0.4, -0.2) is 59.0 Å². The van der Waals surface area contributed by atoms with E-state index in [1.807, 2.05) is 42.5 Å². The number of amides is 1. The van der Waals surface area contributed by atoms with E-state index in [1.54, 1.807) is 27.4 Å². The van der Waals surface area contributed by atoms with Gasteiger partial charge in [0.15, 0.2) is 8.32 Å². The first-order valence-electron chi connectivity index (χ1n) is 14.8. The van der Waals surface area contributed by atoms with E-state index in [0.717, 1.165) is 17.6 Å². The Morgan fingerprint density at radius 1 is 1.02 bits per heavy atom. The molecule has 234 valence electrons. The summed E-state index contributed by atoms with van der Waals surface area (Å²) in [6, 6.07) is 3.72. The molecule has 0 saturated carbocycles. The van der Waals surface area contributed by atoms with Crippen LogP contribution in [0.2, 0.25) is 18.1 Å². The molecule has 7 nitrogen and oxygen atoms in total. The molecule has 0 saturated heterocycles. The quantitative estimate of drug-likeness (QED) is 0.271. The van der Waals surface area contributed by atoms with Crippen LogP contribution in [0.1, 0.15) is 59.4 Å². The molecule has 8 heteroatoms. The van der Waals surface area contributed by atoms with Crippen molar-refractivity contribution >= 4 is 19.9 Å². The highest BCUT2D eigenvalue weighted by Crippen LogP contribution is 2.40. The molecule has 1 aromatic carbocycles. The van der Waals surface area contributed by atoms with Gasteiger partial charge in [-0.3, -0.25) is 4.79 Å².